The van der Waals surface area contributed by atoms with Crippen LogP contribution in [0.4, 0.5) is 11.4 Å². The molecular weight excluding hydrogens is 264 g/mol. The Morgan fingerprint density at radius 3 is 2.33 bits per heavy atom. The average Bonchev–Trinajstić information content (AvgIpc) is 2.48. The minimum atomic E-state index is 0.299. The van der Waals surface area contributed by atoms with Gasteiger partial charge < -0.3 is 20.6 Å². The van der Waals surface area contributed by atoms with Crippen LogP contribution >= 0.6 is 0 Å². The second kappa shape index (κ2) is 6.12. The van der Waals surface area contributed by atoms with Gasteiger partial charge in [-0.2, -0.15) is 0 Å². The molecule has 3 rings (SSSR count). The molecule has 0 bridgehead atoms. The summed E-state index contributed by atoms with van der Waals surface area (Å²) in [5.74, 6) is 0.299. The van der Waals surface area contributed by atoms with Gasteiger partial charge in [-0.15, -0.1) is 0 Å². The Labute approximate surface area is 126 Å². The summed E-state index contributed by atoms with van der Waals surface area (Å²) in [6.45, 7) is 6.75. The molecule has 1 aromatic carbocycles. The Bertz CT molecular complexity index is 477. The molecule has 5 heteroatoms. The van der Waals surface area contributed by atoms with Crippen molar-refractivity contribution in [2.24, 2.45) is 0 Å². The van der Waals surface area contributed by atoms with Crippen molar-refractivity contribution in [2.45, 2.75) is 18.9 Å². The molecule has 116 valence electrons. The van der Waals surface area contributed by atoms with Crippen LogP contribution < -0.4 is 10.6 Å². The van der Waals surface area contributed by atoms with Crippen LogP contribution in [-0.4, -0.2) is 67.3 Å². The van der Waals surface area contributed by atoms with Gasteiger partial charge in [-0.05, 0) is 32.0 Å². The van der Waals surface area contributed by atoms with Crippen molar-refractivity contribution in [3.8, 4) is 5.75 Å². The summed E-state index contributed by atoms with van der Waals surface area (Å²) < 4.78 is 0. The maximum absolute atomic E-state index is 10.0. The van der Waals surface area contributed by atoms with E-state index in [4.69, 9.17) is 5.73 Å². The van der Waals surface area contributed by atoms with Crippen molar-refractivity contribution >= 4 is 11.4 Å². The number of phenols is 1. The quantitative estimate of drug-likeness (QED) is 0.801. The van der Waals surface area contributed by atoms with Crippen LogP contribution in [-0.2, 0) is 0 Å². The summed E-state index contributed by atoms with van der Waals surface area (Å²) in [4.78, 5) is 7.32. The Morgan fingerprint density at radius 1 is 1.05 bits per heavy atom. The topological polar surface area (TPSA) is 56.0 Å². The van der Waals surface area contributed by atoms with E-state index in [9.17, 15) is 5.11 Å². The van der Waals surface area contributed by atoms with Crippen molar-refractivity contribution in [2.75, 3.05) is 56.9 Å². The second-order valence-corrected chi connectivity index (χ2v) is 6.31. The van der Waals surface area contributed by atoms with Gasteiger partial charge in [-0.1, -0.05) is 0 Å². The predicted molar refractivity (Wildman–Crippen MR) is 86.8 cm³/mol. The van der Waals surface area contributed by atoms with Crippen LogP contribution in [0.5, 0.6) is 5.75 Å². The van der Waals surface area contributed by atoms with Gasteiger partial charge >= 0.3 is 0 Å². The first-order chi connectivity index (χ1) is 10.1. The van der Waals surface area contributed by atoms with Crippen molar-refractivity contribution in [1.82, 2.24) is 9.80 Å². The van der Waals surface area contributed by atoms with E-state index in [1.165, 1.54) is 39.0 Å². The van der Waals surface area contributed by atoms with Crippen molar-refractivity contribution in [3.63, 3.8) is 0 Å². The molecule has 21 heavy (non-hydrogen) atoms. The van der Waals surface area contributed by atoms with Gasteiger partial charge in [0.15, 0.2) is 0 Å². The smallest absolute Gasteiger partial charge is 0.140 e. The normalized spacial score (nSPS) is 22.6. The Balaban J connectivity index is 1.57. The van der Waals surface area contributed by atoms with E-state index in [0.717, 1.165) is 18.8 Å². The van der Waals surface area contributed by atoms with E-state index in [1.807, 2.05) is 12.1 Å². The molecule has 0 amide bonds. The number of piperazine rings is 1. The lowest BCUT2D eigenvalue weighted by Gasteiger charge is -2.42. The molecule has 0 atom stereocenters. The van der Waals surface area contributed by atoms with E-state index in [-0.39, 0.29) is 0 Å². The SMILES string of the molecule is CN1CCN(C2CCN(c3ccc(N)cc3O)CC2)CC1. The Hall–Kier alpha value is -1.46. The standard InChI is InChI=1S/C16H26N4O/c1-18-8-10-19(11-9-18)14-4-6-20(7-5-14)15-3-2-13(17)12-16(15)21/h2-3,12,14,21H,4-11,17H2,1H3. The Kier molecular flexibility index (Phi) is 4.22. The summed E-state index contributed by atoms with van der Waals surface area (Å²) >= 11 is 0. The van der Waals surface area contributed by atoms with Gasteiger partial charge in [0.1, 0.15) is 5.75 Å². The molecule has 2 heterocycles. The molecule has 2 fully saturated rings. The molecule has 5 nitrogen and oxygen atoms in total. The summed E-state index contributed by atoms with van der Waals surface area (Å²) in [7, 11) is 2.20. The molecule has 0 saturated carbocycles. The number of nitrogen functional groups attached to an aromatic ring is 1. The fraction of sp³-hybridized carbons (Fsp3) is 0.625. The zero-order valence-corrected chi connectivity index (χ0v) is 12.8. The van der Waals surface area contributed by atoms with E-state index < -0.39 is 0 Å². The minimum absolute atomic E-state index is 0.299. The zero-order valence-electron chi connectivity index (χ0n) is 12.8. The van der Waals surface area contributed by atoms with Gasteiger partial charge in [-0.25, -0.2) is 0 Å². The van der Waals surface area contributed by atoms with Crippen LogP contribution in [0.1, 0.15) is 12.8 Å². The van der Waals surface area contributed by atoms with E-state index in [2.05, 4.69) is 21.7 Å². The van der Waals surface area contributed by atoms with Crippen LogP contribution in [0.2, 0.25) is 0 Å². The molecule has 3 N–H and O–H groups in total. The van der Waals surface area contributed by atoms with Gasteiger partial charge in [0.2, 0.25) is 0 Å². The molecule has 0 aromatic heterocycles. The Morgan fingerprint density at radius 2 is 1.71 bits per heavy atom. The van der Waals surface area contributed by atoms with Crippen molar-refractivity contribution in [3.05, 3.63) is 18.2 Å². The second-order valence-electron chi connectivity index (χ2n) is 6.31. The number of nitrogens with two attached hydrogens (primary N) is 1. The number of nitrogens with zero attached hydrogens (tertiary/aromatic N) is 3. The predicted octanol–water partition coefficient (Wildman–Crippen LogP) is 1.19. The highest BCUT2D eigenvalue weighted by Gasteiger charge is 2.27. The average molecular weight is 290 g/mol. The summed E-state index contributed by atoms with van der Waals surface area (Å²) in [5.41, 5.74) is 7.23. The maximum Gasteiger partial charge on any atom is 0.140 e. The molecule has 0 radical (unpaired) electrons. The molecule has 1 aromatic rings. The van der Waals surface area contributed by atoms with Crippen molar-refractivity contribution < 1.29 is 5.11 Å². The van der Waals surface area contributed by atoms with E-state index >= 15 is 0 Å². The first kappa shape index (κ1) is 14.5. The zero-order chi connectivity index (χ0) is 14.8. The lowest BCUT2D eigenvalue weighted by molar-refractivity contribution is 0.0981. The van der Waals surface area contributed by atoms with Crippen LogP contribution in [0.25, 0.3) is 0 Å². The third-order valence-electron chi connectivity index (χ3n) is 4.86. The van der Waals surface area contributed by atoms with E-state index in [1.54, 1.807) is 6.07 Å². The van der Waals surface area contributed by atoms with Gasteiger partial charge in [0, 0.05) is 57.1 Å². The molecule has 0 spiro atoms. The summed E-state index contributed by atoms with van der Waals surface area (Å²) in [5, 5.41) is 10.0. The van der Waals surface area contributed by atoms with Crippen molar-refractivity contribution in [1.29, 1.82) is 0 Å². The highest BCUT2D eigenvalue weighted by Crippen LogP contribution is 2.32. The fourth-order valence-electron chi connectivity index (χ4n) is 3.47. The van der Waals surface area contributed by atoms with Gasteiger partial charge in [-0.3, -0.25) is 4.90 Å². The summed E-state index contributed by atoms with van der Waals surface area (Å²) in [6.07, 6.45) is 2.35. The number of aromatic hydroxyl groups is 1. The monoisotopic (exact) mass is 290 g/mol. The fourth-order valence-corrected chi connectivity index (χ4v) is 3.47. The minimum Gasteiger partial charge on any atom is -0.506 e. The number of phenolic OH excluding ortho intramolecular Hbond substituents is 1. The van der Waals surface area contributed by atoms with Crippen LogP contribution in [0, 0.1) is 0 Å². The first-order valence-electron chi connectivity index (χ1n) is 7.89. The number of hydrogen-bond acceptors (Lipinski definition) is 5. The molecular formula is C16H26N4O. The largest absolute Gasteiger partial charge is 0.506 e. The maximum atomic E-state index is 10.0. The van der Waals surface area contributed by atoms with Crippen LogP contribution in [0.3, 0.4) is 0 Å². The van der Waals surface area contributed by atoms with E-state index in [0.29, 0.717) is 17.5 Å². The third kappa shape index (κ3) is 3.24. The number of rotatable bonds is 2. The molecule has 2 aliphatic heterocycles. The molecule has 2 saturated heterocycles. The number of anilines is 2. The van der Waals surface area contributed by atoms with Gasteiger partial charge in [0.05, 0.1) is 5.69 Å². The summed E-state index contributed by atoms with van der Waals surface area (Å²) in [6, 6.07) is 6.13. The number of piperidine rings is 1. The lowest BCUT2D eigenvalue weighted by Crippen LogP contribution is -2.52. The third-order valence-corrected chi connectivity index (χ3v) is 4.86. The van der Waals surface area contributed by atoms with Crippen LogP contribution in [0.15, 0.2) is 18.2 Å². The molecule has 0 aliphatic carbocycles. The molecule has 2 aliphatic rings. The highest BCUT2D eigenvalue weighted by atomic mass is 16.3. The highest BCUT2D eigenvalue weighted by molar-refractivity contribution is 5.63. The number of benzene rings is 1. The first-order valence-corrected chi connectivity index (χ1v) is 7.89. The number of likely N-dealkylation sites (N-methyl/N-ethyl adjacent to an activating group) is 1. The number of hydrogen-bond donors (Lipinski definition) is 2. The van der Waals surface area contributed by atoms with Gasteiger partial charge in [0.25, 0.3) is 0 Å². The lowest BCUT2D eigenvalue weighted by atomic mass is 10.0. The molecule has 0 unspecified atom stereocenters.